The van der Waals surface area contributed by atoms with Gasteiger partial charge in [0.05, 0.1) is 6.61 Å². The molecule has 0 radical (unpaired) electrons. The molecule has 5 heteroatoms. The molecule has 0 aliphatic heterocycles. The lowest BCUT2D eigenvalue weighted by Gasteiger charge is -2.26. The second kappa shape index (κ2) is 7.17. The lowest BCUT2D eigenvalue weighted by Crippen LogP contribution is -2.32. The molecule has 0 aromatic carbocycles. The first kappa shape index (κ1) is 15.8. The summed E-state index contributed by atoms with van der Waals surface area (Å²) in [6.07, 6.45) is 0.546. The molecule has 5 nitrogen and oxygen atoms in total. The van der Waals surface area contributed by atoms with Crippen LogP contribution in [-0.4, -0.2) is 23.5 Å². The van der Waals surface area contributed by atoms with Gasteiger partial charge in [-0.05, 0) is 39.7 Å². The van der Waals surface area contributed by atoms with Crippen LogP contribution in [0.15, 0.2) is 11.3 Å². The summed E-state index contributed by atoms with van der Waals surface area (Å²) in [6, 6.07) is 0. The molecule has 0 heterocycles. The molecule has 0 aliphatic rings. The quantitative estimate of drug-likeness (QED) is 0.245. The van der Waals surface area contributed by atoms with Gasteiger partial charge in [0.25, 0.3) is 0 Å². The Balaban J connectivity index is 4.53. The highest BCUT2D eigenvalue weighted by Gasteiger charge is 2.32. The van der Waals surface area contributed by atoms with Gasteiger partial charge in [-0.2, -0.15) is 4.89 Å². The van der Waals surface area contributed by atoms with E-state index in [9.17, 15) is 4.79 Å². The minimum Gasteiger partial charge on any atom is -0.450 e. The Morgan fingerprint density at radius 3 is 2.29 bits per heavy atom. The van der Waals surface area contributed by atoms with Crippen LogP contribution in [0.25, 0.3) is 0 Å². The lowest BCUT2D eigenvalue weighted by molar-refractivity contribution is -0.278. The summed E-state index contributed by atoms with van der Waals surface area (Å²) in [4.78, 5) is 20.8. The standard InChI is InChI=1S/C12H22O5/c1-6-7-8-15-17-10(9(2)3)12(4,5)16-11(13)14/h6-8H2,1-5H3,(H,13,14). The van der Waals surface area contributed by atoms with E-state index in [0.717, 1.165) is 18.4 Å². The van der Waals surface area contributed by atoms with Crippen molar-refractivity contribution >= 4 is 6.16 Å². The van der Waals surface area contributed by atoms with Crippen molar-refractivity contribution in [3.05, 3.63) is 11.3 Å². The Hall–Kier alpha value is -1.23. The van der Waals surface area contributed by atoms with Crippen LogP contribution in [0.2, 0.25) is 0 Å². The summed E-state index contributed by atoms with van der Waals surface area (Å²) < 4.78 is 4.77. The van der Waals surface area contributed by atoms with Gasteiger partial charge in [-0.1, -0.05) is 13.3 Å². The number of carbonyl (C=O) groups is 1. The zero-order valence-electron chi connectivity index (χ0n) is 11.2. The molecular weight excluding hydrogens is 224 g/mol. The van der Waals surface area contributed by atoms with Crippen LogP contribution in [-0.2, 0) is 14.5 Å². The molecule has 0 saturated heterocycles. The Kier molecular flexibility index (Phi) is 6.65. The smallest absolute Gasteiger partial charge is 0.450 e. The summed E-state index contributed by atoms with van der Waals surface area (Å²) in [5.74, 6) is 0.385. The molecule has 0 atom stereocenters. The van der Waals surface area contributed by atoms with Crippen molar-refractivity contribution in [3.8, 4) is 0 Å². The van der Waals surface area contributed by atoms with Crippen molar-refractivity contribution < 1.29 is 24.4 Å². The summed E-state index contributed by atoms with van der Waals surface area (Å²) in [6.45, 7) is 9.37. The van der Waals surface area contributed by atoms with Crippen LogP contribution in [0.5, 0.6) is 0 Å². The fourth-order valence-electron chi connectivity index (χ4n) is 1.35. The molecule has 0 aromatic rings. The molecule has 0 rings (SSSR count). The van der Waals surface area contributed by atoms with E-state index >= 15 is 0 Å². The SMILES string of the molecule is CCCCOOC(=C(C)C)C(C)(C)OC(=O)O. The van der Waals surface area contributed by atoms with Gasteiger partial charge in [0.15, 0.2) is 11.4 Å². The van der Waals surface area contributed by atoms with Gasteiger partial charge < -0.3 is 14.7 Å². The van der Waals surface area contributed by atoms with E-state index in [-0.39, 0.29) is 0 Å². The van der Waals surface area contributed by atoms with Gasteiger partial charge in [0, 0.05) is 0 Å². The Morgan fingerprint density at radius 1 is 1.29 bits per heavy atom. The van der Waals surface area contributed by atoms with Crippen molar-refractivity contribution in [1.29, 1.82) is 0 Å². The van der Waals surface area contributed by atoms with E-state index < -0.39 is 11.8 Å². The molecule has 0 spiro atoms. The summed E-state index contributed by atoms with van der Waals surface area (Å²) in [7, 11) is 0. The maximum atomic E-state index is 10.6. The third-order valence-corrected chi connectivity index (χ3v) is 2.07. The van der Waals surface area contributed by atoms with Crippen LogP contribution in [0, 0.1) is 0 Å². The largest absolute Gasteiger partial charge is 0.506 e. The van der Waals surface area contributed by atoms with Gasteiger partial charge >= 0.3 is 6.16 Å². The van der Waals surface area contributed by atoms with E-state index in [1.54, 1.807) is 13.8 Å². The van der Waals surface area contributed by atoms with Crippen LogP contribution in [0.3, 0.4) is 0 Å². The fraction of sp³-hybridized carbons (Fsp3) is 0.750. The fourth-order valence-corrected chi connectivity index (χ4v) is 1.35. The first-order chi connectivity index (χ1) is 7.81. The molecular formula is C12H22O5. The van der Waals surface area contributed by atoms with Gasteiger partial charge in [-0.15, -0.1) is 0 Å². The van der Waals surface area contributed by atoms with Crippen LogP contribution < -0.4 is 0 Å². The molecule has 1 N–H and O–H groups in total. The number of allylic oxidation sites excluding steroid dienone is 1. The Labute approximate surface area is 102 Å². The van der Waals surface area contributed by atoms with E-state index in [1.165, 1.54) is 0 Å². The Bertz CT molecular complexity index is 277. The number of ether oxygens (including phenoxy) is 1. The van der Waals surface area contributed by atoms with Crippen LogP contribution in [0.4, 0.5) is 4.79 Å². The van der Waals surface area contributed by atoms with E-state index in [1.807, 2.05) is 20.8 Å². The minimum absolute atomic E-state index is 0.385. The highest BCUT2D eigenvalue weighted by atomic mass is 17.2. The van der Waals surface area contributed by atoms with Crippen molar-refractivity contribution in [2.45, 2.75) is 53.1 Å². The van der Waals surface area contributed by atoms with Crippen molar-refractivity contribution in [3.63, 3.8) is 0 Å². The van der Waals surface area contributed by atoms with E-state index in [0.29, 0.717) is 12.4 Å². The molecule has 0 fully saturated rings. The third-order valence-electron chi connectivity index (χ3n) is 2.07. The third kappa shape index (κ3) is 6.16. The number of hydrogen-bond acceptors (Lipinski definition) is 4. The van der Waals surface area contributed by atoms with Gasteiger partial charge in [0.2, 0.25) is 0 Å². The molecule has 0 aliphatic carbocycles. The van der Waals surface area contributed by atoms with Crippen LogP contribution in [0.1, 0.15) is 47.5 Å². The van der Waals surface area contributed by atoms with Crippen molar-refractivity contribution in [2.75, 3.05) is 6.61 Å². The topological polar surface area (TPSA) is 65.0 Å². The maximum absolute atomic E-state index is 10.6. The molecule has 0 saturated carbocycles. The van der Waals surface area contributed by atoms with E-state index in [4.69, 9.17) is 19.6 Å². The Morgan fingerprint density at radius 2 is 1.88 bits per heavy atom. The average molecular weight is 246 g/mol. The number of unbranched alkanes of at least 4 members (excludes halogenated alkanes) is 1. The molecule has 0 unspecified atom stereocenters. The number of hydrogen-bond donors (Lipinski definition) is 1. The first-order valence-electron chi connectivity index (χ1n) is 5.70. The monoisotopic (exact) mass is 246 g/mol. The van der Waals surface area contributed by atoms with Crippen molar-refractivity contribution in [1.82, 2.24) is 0 Å². The lowest BCUT2D eigenvalue weighted by atomic mass is 10.0. The minimum atomic E-state index is -1.34. The van der Waals surface area contributed by atoms with E-state index in [2.05, 4.69) is 0 Å². The molecule has 100 valence electrons. The van der Waals surface area contributed by atoms with Crippen LogP contribution >= 0.6 is 0 Å². The van der Waals surface area contributed by atoms with Gasteiger partial charge in [-0.25, -0.2) is 4.79 Å². The average Bonchev–Trinajstić information content (AvgIpc) is 2.14. The maximum Gasteiger partial charge on any atom is 0.506 e. The zero-order valence-corrected chi connectivity index (χ0v) is 11.2. The second-order valence-electron chi connectivity index (χ2n) is 4.47. The summed E-state index contributed by atoms with van der Waals surface area (Å²) >= 11 is 0. The normalized spacial score (nSPS) is 10.9. The van der Waals surface area contributed by atoms with Gasteiger partial charge in [0.1, 0.15) is 0 Å². The first-order valence-corrected chi connectivity index (χ1v) is 5.70. The summed E-state index contributed by atoms with van der Waals surface area (Å²) in [5.41, 5.74) is -0.246. The van der Waals surface area contributed by atoms with Crippen molar-refractivity contribution in [2.24, 2.45) is 0 Å². The molecule has 0 amide bonds. The van der Waals surface area contributed by atoms with Gasteiger partial charge in [-0.3, -0.25) is 0 Å². The second-order valence-corrected chi connectivity index (χ2v) is 4.47. The highest BCUT2D eigenvalue weighted by molar-refractivity contribution is 5.58. The molecule has 17 heavy (non-hydrogen) atoms. The zero-order chi connectivity index (χ0) is 13.5. The predicted molar refractivity (Wildman–Crippen MR) is 63.5 cm³/mol. The predicted octanol–water partition coefficient (Wildman–Crippen LogP) is 3.50. The summed E-state index contributed by atoms with van der Waals surface area (Å²) in [5, 5.41) is 8.65. The molecule has 0 aromatic heterocycles. The number of rotatable bonds is 7. The number of carboxylic acid groups (broad SMARTS) is 1. The highest BCUT2D eigenvalue weighted by Crippen LogP contribution is 2.25. The molecule has 0 bridgehead atoms.